The van der Waals surface area contributed by atoms with Gasteiger partial charge >= 0.3 is 0 Å². The third-order valence-corrected chi connectivity index (χ3v) is 7.83. The van der Waals surface area contributed by atoms with Crippen molar-refractivity contribution in [3.05, 3.63) is 78.2 Å². The molecule has 1 aromatic heterocycles. The van der Waals surface area contributed by atoms with E-state index in [1.54, 1.807) is 31.4 Å². The van der Waals surface area contributed by atoms with Crippen LogP contribution in [-0.2, 0) is 10.0 Å². The summed E-state index contributed by atoms with van der Waals surface area (Å²) in [5, 5.41) is 0. The van der Waals surface area contributed by atoms with E-state index < -0.39 is 16.1 Å². The molecule has 4 aromatic rings. The van der Waals surface area contributed by atoms with Gasteiger partial charge in [-0.15, -0.1) is 0 Å². The molecule has 1 aliphatic rings. The third kappa shape index (κ3) is 3.67. The molecule has 0 spiro atoms. The zero-order chi connectivity index (χ0) is 22.3. The molecule has 1 atom stereocenters. The largest absolute Gasteiger partial charge is 0.497 e. The third-order valence-electron chi connectivity index (χ3n) is 5.91. The lowest BCUT2D eigenvalue weighted by Crippen LogP contribution is -2.30. The molecular weight excluding hydrogens is 424 g/mol. The predicted molar refractivity (Wildman–Crippen MR) is 123 cm³/mol. The van der Waals surface area contributed by atoms with Crippen molar-refractivity contribution in [2.75, 3.05) is 13.7 Å². The minimum atomic E-state index is -3.68. The first-order valence-electron chi connectivity index (χ1n) is 10.6. The number of aryl methyl sites for hydroxylation is 1. The Labute approximate surface area is 187 Å². The highest BCUT2D eigenvalue weighted by Gasteiger charge is 2.39. The quantitative estimate of drug-likeness (QED) is 0.412. The summed E-state index contributed by atoms with van der Waals surface area (Å²) < 4.78 is 39.3. The van der Waals surface area contributed by atoms with E-state index in [0.29, 0.717) is 30.2 Å². The van der Waals surface area contributed by atoms with Crippen LogP contribution in [0.4, 0.5) is 0 Å². The Morgan fingerprint density at radius 3 is 2.56 bits per heavy atom. The van der Waals surface area contributed by atoms with Crippen LogP contribution in [0, 0.1) is 6.92 Å². The van der Waals surface area contributed by atoms with Crippen LogP contribution in [0.25, 0.3) is 22.2 Å². The topological polar surface area (TPSA) is 72.6 Å². The lowest BCUT2D eigenvalue weighted by molar-refractivity contribution is 0.337. The molecule has 5 rings (SSSR count). The van der Waals surface area contributed by atoms with Crippen LogP contribution in [-0.4, -0.2) is 31.4 Å². The molecule has 0 amide bonds. The summed E-state index contributed by atoms with van der Waals surface area (Å²) in [7, 11) is -2.12. The fraction of sp³-hybridized carbons (Fsp3) is 0.240. The second-order valence-corrected chi connectivity index (χ2v) is 9.94. The normalized spacial score (nSPS) is 17.1. The van der Waals surface area contributed by atoms with E-state index in [-0.39, 0.29) is 4.90 Å². The molecule has 7 heteroatoms. The zero-order valence-electron chi connectivity index (χ0n) is 18.0. The molecule has 0 radical (unpaired) electrons. The van der Waals surface area contributed by atoms with Crippen molar-refractivity contribution < 1.29 is 17.6 Å². The molecular formula is C25H24N2O4S. The number of hydrogen-bond acceptors (Lipinski definition) is 5. The van der Waals surface area contributed by atoms with Crippen LogP contribution in [0.3, 0.4) is 0 Å². The van der Waals surface area contributed by atoms with Crippen molar-refractivity contribution in [3.63, 3.8) is 0 Å². The molecule has 0 N–H and O–H groups in total. The summed E-state index contributed by atoms with van der Waals surface area (Å²) in [5.41, 5.74) is 4.74. The van der Waals surface area contributed by atoms with Gasteiger partial charge in [-0.1, -0.05) is 35.9 Å². The number of benzene rings is 3. The summed E-state index contributed by atoms with van der Waals surface area (Å²) >= 11 is 0. The Balaban J connectivity index is 1.48. The molecule has 0 bridgehead atoms. The predicted octanol–water partition coefficient (Wildman–Crippen LogP) is 5.34. The van der Waals surface area contributed by atoms with Crippen molar-refractivity contribution in [1.82, 2.24) is 9.29 Å². The van der Waals surface area contributed by atoms with E-state index in [0.717, 1.165) is 23.1 Å². The fourth-order valence-corrected chi connectivity index (χ4v) is 5.90. The molecule has 1 saturated heterocycles. The number of fused-ring (bicyclic) bond motifs is 1. The van der Waals surface area contributed by atoms with Gasteiger partial charge in [0.2, 0.25) is 15.9 Å². The fourth-order valence-electron chi connectivity index (χ4n) is 4.25. The number of sulfonamides is 1. The Morgan fingerprint density at radius 1 is 1.03 bits per heavy atom. The van der Waals surface area contributed by atoms with Crippen LogP contribution >= 0.6 is 0 Å². The van der Waals surface area contributed by atoms with Gasteiger partial charge in [-0.3, -0.25) is 0 Å². The maximum atomic E-state index is 13.3. The van der Waals surface area contributed by atoms with Gasteiger partial charge in [0.25, 0.3) is 0 Å². The summed E-state index contributed by atoms with van der Waals surface area (Å²) in [6.45, 7) is 2.50. The van der Waals surface area contributed by atoms with E-state index >= 15 is 0 Å². The molecule has 32 heavy (non-hydrogen) atoms. The average molecular weight is 449 g/mol. The highest BCUT2D eigenvalue weighted by molar-refractivity contribution is 7.89. The summed E-state index contributed by atoms with van der Waals surface area (Å²) in [6.07, 6.45) is 1.43. The first-order chi connectivity index (χ1) is 15.5. The van der Waals surface area contributed by atoms with Gasteiger partial charge in [0.15, 0.2) is 5.58 Å². The van der Waals surface area contributed by atoms with Crippen LogP contribution in [0.5, 0.6) is 5.75 Å². The SMILES string of the molecule is COc1ccc(S(=O)(=O)N2CCCC2c2nc3cc(-c4cccc(C)c4)ccc3o2)cc1. The number of ether oxygens (including phenoxy) is 1. The monoisotopic (exact) mass is 448 g/mol. The number of hydrogen-bond donors (Lipinski definition) is 0. The van der Waals surface area contributed by atoms with Gasteiger partial charge in [0.05, 0.1) is 12.0 Å². The van der Waals surface area contributed by atoms with Crippen molar-refractivity contribution >= 4 is 21.1 Å². The van der Waals surface area contributed by atoms with Crippen LogP contribution in [0.15, 0.2) is 76.0 Å². The van der Waals surface area contributed by atoms with Gasteiger partial charge < -0.3 is 9.15 Å². The molecule has 1 unspecified atom stereocenters. The van der Waals surface area contributed by atoms with Crippen LogP contribution in [0.2, 0.25) is 0 Å². The molecule has 1 fully saturated rings. The van der Waals surface area contributed by atoms with E-state index in [2.05, 4.69) is 25.1 Å². The first-order valence-corrected chi connectivity index (χ1v) is 12.0. The summed E-state index contributed by atoms with van der Waals surface area (Å²) in [6, 6.07) is 20.2. The highest BCUT2D eigenvalue weighted by Crippen LogP contribution is 2.38. The number of nitrogens with zero attached hydrogens (tertiary/aromatic N) is 2. The Kier molecular flexibility index (Phi) is 5.23. The van der Waals surface area contributed by atoms with E-state index in [1.807, 2.05) is 24.3 Å². The van der Waals surface area contributed by atoms with E-state index in [9.17, 15) is 8.42 Å². The molecule has 164 valence electrons. The maximum absolute atomic E-state index is 13.3. The zero-order valence-corrected chi connectivity index (χ0v) is 18.8. The van der Waals surface area contributed by atoms with Gasteiger partial charge in [-0.2, -0.15) is 4.31 Å². The number of oxazole rings is 1. The van der Waals surface area contributed by atoms with Crippen molar-refractivity contribution in [1.29, 1.82) is 0 Å². The Morgan fingerprint density at radius 2 is 1.81 bits per heavy atom. The molecule has 0 aliphatic carbocycles. The first kappa shape index (κ1) is 20.7. The van der Waals surface area contributed by atoms with Crippen LogP contribution in [0.1, 0.15) is 30.3 Å². The standard InChI is InChI=1S/C25H24N2O4S/c1-17-5-3-6-18(15-17)19-8-13-24-22(16-19)26-25(31-24)23-7-4-14-27(23)32(28,29)21-11-9-20(30-2)10-12-21/h3,5-6,8-13,15-16,23H,4,7,14H2,1-2H3. The molecule has 1 aliphatic heterocycles. The molecule has 6 nitrogen and oxygen atoms in total. The Hall–Kier alpha value is -3.16. The van der Waals surface area contributed by atoms with E-state index in [1.165, 1.54) is 9.87 Å². The van der Waals surface area contributed by atoms with Gasteiger partial charge in [-0.05, 0) is 67.3 Å². The number of aromatic nitrogens is 1. The number of methoxy groups -OCH3 is 1. The van der Waals surface area contributed by atoms with E-state index in [4.69, 9.17) is 14.1 Å². The lowest BCUT2D eigenvalue weighted by atomic mass is 10.0. The van der Waals surface area contributed by atoms with Crippen molar-refractivity contribution in [2.45, 2.75) is 30.7 Å². The molecule has 2 heterocycles. The maximum Gasteiger partial charge on any atom is 0.243 e. The minimum absolute atomic E-state index is 0.239. The second kappa shape index (κ2) is 8.07. The summed E-state index contributed by atoms with van der Waals surface area (Å²) in [4.78, 5) is 4.93. The highest BCUT2D eigenvalue weighted by atomic mass is 32.2. The summed E-state index contributed by atoms with van der Waals surface area (Å²) in [5.74, 6) is 1.06. The Bertz CT molecular complexity index is 1380. The second-order valence-electron chi connectivity index (χ2n) is 8.05. The van der Waals surface area contributed by atoms with Gasteiger partial charge in [0.1, 0.15) is 17.3 Å². The lowest BCUT2D eigenvalue weighted by Gasteiger charge is -2.21. The smallest absolute Gasteiger partial charge is 0.243 e. The van der Waals surface area contributed by atoms with Crippen molar-refractivity contribution in [2.24, 2.45) is 0 Å². The van der Waals surface area contributed by atoms with Gasteiger partial charge in [-0.25, -0.2) is 13.4 Å². The van der Waals surface area contributed by atoms with Crippen molar-refractivity contribution in [3.8, 4) is 16.9 Å². The van der Waals surface area contributed by atoms with Gasteiger partial charge in [0, 0.05) is 6.54 Å². The van der Waals surface area contributed by atoms with Crippen LogP contribution < -0.4 is 4.74 Å². The number of rotatable bonds is 5. The molecule has 0 saturated carbocycles. The average Bonchev–Trinajstić information content (AvgIpc) is 3.46. The minimum Gasteiger partial charge on any atom is -0.497 e. The molecule has 3 aromatic carbocycles.